The fraction of sp³-hybridized carbons (Fsp3) is 0. The first kappa shape index (κ1) is 12.1. The minimum absolute atomic E-state index is 0. The Bertz CT molecular complexity index is 325. The third kappa shape index (κ3) is 3.20. The van der Waals surface area contributed by atoms with E-state index in [1.165, 1.54) is 10.8 Å². The van der Waals surface area contributed by atoms with Gasteiger partial charge in [0.25, 0.3) is 0 Å². The summed E-state index contributed by atoms with van der Waals surface area (Å²) in [6.07, 6.45) is 0. The Hall–Kier alpha value is -1.94. The van der Waals surface area contributed by atoms with Gasteiger partial charge in [-0.15, -0.1) is 5.34 Å². The molecule has 0 aliphatic rings. The van der Waals surface area contributed by atoms with Crippen LogP contribution in [0.2, 0.25) is 0 Å². The Balaban J connectivity index is 0.000000381. The summed E-state index contributed by atoms with van der Waals surface area (Å²) in [7, 11) is 0. The third-order valence-electron chi connectivity index (χ3n) is 1.66. The molecule has 2 aromatic rings. The van der Waals surface area contributed by atoms with Crippen molar-refractivity contribution in [2.24, 2.45) is 5.34 Å². The molecule has 0 atom stereocenters. The smallest absolute Gasteiger partial charge is 0.0184 e. The molecule has 0 amide bonds. The molecule has 0 aliphatic heterocycles. The lowest BCUT2D eigenvalue weighted by atomic mass is 10.1. The molecule has 4 nitrogen and oxygen atoms in total. The third-order valence-corrected chi connectivity index (χ3v) is 1.66. The number of hydrogen-bond donors (Lipinski definition) is 1. The highest BCUT2D eigenvalue weighted by atomic mass is 16.6. The molecule has 0 spiro atoms. The molecule has 0 aliphatic carbocycles. The summed E-state index contributed by atoms with van der Waals surface area (Å²) in [5, 5.41) is 11.6. The molecular formula is C10H12N2O2. The van der Waals surface area contributed by atoms with E-state index in [2.05, 4.69) is 48.5 Å². The average Bonchev–Trinajstić information content (AvgIpc) is 2.19. The Labute approximate surface area is 81.7 Å². The van der Waals surface area contributed by atoms with E-state index in [1.807, 2.05) is 0 Å². The van der Waals surface area contributed by atoms with Crippen molar-refractivity contribution in [1.29, 1.82) is 0 Å². The highest BCUT2D eigenvalue weighted by Crippen LogP contribution is 2.11. The van der Waals surface area contributed by atoms with E-state index >= 15 is 0 Å². The van der Waals surface area contributed by atoms with Crippen LogP contribution in [0.3, 0.4) is 0 Å². The van der Waals surface area contributed by atoms with Crippen LogP contribution in [0, 0.1) is 10.1 Å². The lowest BCUT2D eigenvalue weighted by Gasteiger charge is -1.92. The van der Waals surface area contributed by atoms with Gasteiger partial charge in [-0.3, -0.25) is 0 Å². The lowest BCUT2D eigenvalue weighted by molar-refractivity contribution is 1.59. The molecule has 2 aromatic carbocycles. The summed E-state index contributed by atoms with van der Waals surface area (Å²) >= 11 is 0. The molecule has 0 aromatic heterocycles. The Morgan fingerprint density at radius 1 is 0.857 bits per heavy atom. The van der Waals surface area contributed by atoms with E-state index in [1.54, 1.807) is 0 Å². The van der Waals surface area contributed by atoms with E-state index in [0.29, 0.717) is 0 Å². The van der Waals surface area contributed by atoms with E-state index in [-0.39, 0.29) is 6.15 Å². The standard InChI is InChI=1S/C10H8.HNO2.H3N/c1-2-6-10-8-4-3-7-9(10)5-1;2-1-3;/h1-8H;(H,2,3);1H3. The molecule has 0 unspecified atom stereocenters. The van der Waals surface area contributed by atoms with Gasteiger partial charge in [0.05, 0.1) is 0 Å². The average molecular weight is 192 g/mol. The van der Waals surface area contributed by atoms with Crippen LogP contribution in [0.5, 0.6) is 0 Å². The normalized spacial score (nSPS) is 8.00. The molecule has 0 radical (unpaired) electrons. The first-order valence-electron chi connectivity index (χ1n) is 3.77. The maximum Gasteiger partial charge on any atom is -0.0184 e. The van der Waals surface area contributed by atoms with Crippen LogP contribution in [0.4, 0.5) is 0 Å². The molecule has 4 N–H and O–H groups in total. The first-order chi connectivity index (χ1) is 6.38. The second-order valence-electron chi connectivity index (χ2n) is 2.42. The van der Waals surface area contributed by atoms with E-state index in [4.69, 9.17) is 10.1 Å². The lowest BCUT2D eigenvalue weighted by Crippen LogP contribution is -1.67. The number of quaternary nitrogens is 1. The predicted octanol–water partition coefficient (Wildman–Crippen LogP) is 3.47. The Kier molecular flexibility index (Phi) is 5.65. The van der Waals surface area contributed by atoms with Crippen LogP contribution < -0.4 is 6.15 Å². The maximum absolute atomic E-state index is 8.00. The van der Waals surface area contributed by atoms with E-state index < -0.39 is 0 Å². The zero-order valence-corrected chi connectivity index (χ0v) is 7.88. The maximum atomic E-state index is 8.00. The van der Waals surface area contributed by atoms with Crippen LogP contribution in [0.1, 0.15) is 0 Å². The van der Waals surface area contributed by atoms with Crippen molar-refractivity contribution in [3.8, 4) is 0 Å². The van der Waals surface area contributed by atoms with Crippen molar-refractivity contribution in [2.75, 3.05) is 0 Å². The van der Waals surface area contributed by atoms with Gasteiger partial charge >= 0.3 is 0 Å². The van der Waals surface area contributed by atoms with Crippen molar-refractivity contribution in [3.05, 3.63) is 58.6 Å². The van der Waals surface area contributed by atoms with Gasteiger partial charge in [-0.05, 0) is 10.8 Å². The topological polar surface area (TPSA) is 89.0 Å². The minimum Gasteiger partial charge on any atom is -0.444 e. The Morgan fingerprint density at radius 2 is 1.07 bits per heavy atom. The molecular weight excluding hydrogens is 180 g/mol. The molecule has 2 rings (SSSR count). The van der Waals surface area contributed by atoms with Gasteiger partial charge in [0.15, 0.2) is 0 Å². The van der Waals surface area contributed by atoms with Gasteiger partial charge < -0.3 is 16.3 Å². The summed E-state index contributed by atoms with van der Waals surface area (Å²) < 4.78 is 0. The van der Waals surface area contributed by atoms with Crippen LogP contribution in [0.15, 0.2) is 53.9 Å². The SMILES string of the molecule is O=N[O-].[NH4+].c1ccc2ccccc2c1. The summed E-state index contributed by atoms with van der Waals surface area (Å²) in [5.74, 6) is 0. The number of nitrogens with zero attached hydrogens (tertiary/aromatic N) is 1. The molecule has 14 heavy (non-hydrogen) atoms. The molecule has 0 heterocycles. The van der Waals surface area contributed by atoms with E-state index in [0.717, 1.165) is 5.34 Å². The monoisotopic (exact) mass is 192 g/mol. The van der Waals surface area contributed by atoms with Gasteiger partial charge in [0.1, 0.15) is 0 Å². The van der Waals surface area contributed by atoms with E-state index in [9.17, 15) is 0 Å². The summed E-state index contributed by atoms with van der Waals surface area (Å²) in [6, 6.07) is 16.7. The van der Waals surface area contributed by atoms with Gasteiger partial charge in [0.2, 0.25) is 0 Å². The summed E-state index contributed by atoms with van der Waals surface area (Å²) in [6.45, 7) is 0. The molecule has 0 saturated carbocycles. The largest absolute Gasteiger partial charge is 0.444 e. The summed E-state index contributed by atoms with van der Waals surface area (Å²) in [5.41, 5.74) is 0. The highest BCUT2D eigenvalue weighted by molar-refractivity contribution is 5.81. The van der Waals surface area contributed by atoms with Crippen LogP contribution in [0.25, 0.3) is 10.8 Å². The van der Waals surface area contributed by atoms with Gasteiger partial charge in [-0.1, -0.05) is 48.5 Å². The fourth-order valence-electron chi connectivity index (χ4n) is 1.13. The molecule has 0 saturated heterocycles. The molecule has 74 valence electrons. The highest BCUT2D eigenvalue weighted by Gasteiger charge is 1.85. The number of fused-ring (bicyclic) bond motifs is 1. The van der Waals surface area contributed by atoms with Gasteiger partial charge in [-0.25, -0.2) is 0 Å². The predicted molar refractivity (Wildman–Crippen MR) is 59.1 cm³/mol. The zero-order valence-electron chi connectivity index (χ0n) is 7.88. The second kappa shape index (κ2) is 6.56. The van der Waals surface area contributed by atoms with Crippen molar-refractivity contribution in [2.45, 2.75) is 0 Å². The van der Waals surface area contributed by atoms with Crippen molar-refractivity contribution in [3.63, 3.8) is 0 Å². The van der Waals surface area contributed by atoms with Crippen molar-refractivity contribution < 1.29 is 0 Å². The minimum atomic E-state index is 0. The van der Waals surface area contributed by atoms with Crippen LogP contribution in [-0.4, -0.2) is 0 Å². The molecule has 4 heteroatoms. The number of hydrogen-bond acceptors (Lipinski definition) is 3. The Morgan fingerprint density at radius 3 is 1.29 bits per heavy atom. The van der Waals surface area contributed by atoms with Crippen LogP contribution in [-0.2, 0) is 0 Å². The fourth-order valence-corrected chi connectivity index (χ4v) is 1.13. The first-order valence-corrected chi connectivity index (χ1v) is 3.77. The molecule has 0 fully saturated rings. The number of benzene rings is 2. The number of rotatable bonds is 0. The quantitative estimate of drug-likeness (QED) is 0.511. The van der Waals surface area contributed by atoms with Gasteiger partial charge in [-0.2, -0.15) is 0 Å². The second-order valence-corrected chi connectivity index (χ2v) is 2.42. The van der Waals surface area contributed by atoms with Crippen LogP contribution >= 0.6 is 0 Å². The zero-order chi connectivity index (χ0) is 9.52. The summed E-state index contributed by atoms with van der Waals surface area (Å²) in [4.78, 5) is 8.00. The van der Waals surface area contributed by atoms with Crippen molar-refractivity contribution >= 4 is 10.8 Å². The van der Waals surface area contributed by atoms with Gasteiger partial charge in [0, 0.05) is 0 Å². The molecule has 0 bridgehead atoms. The van der Waals surface area contributed by atoms with Crippen molar-refractivity contribution in [1.82, 2.24) is 6.15 Å².